The zero-order valence-electron chi connectivity index (χ0n) is 15.5. The molecule has 1 aromatic rings. The highest BCUT2D eigenvalue weighted by atomic mass is 16.5. The summed E-state index contributed by atoms with van der Waals surface area (Å²) in [6.45, 7) is 14.4. The van der Waals surface area contributed by atoms with Gasteiger partial charge in [-0.1, -0.05) is 13.0 Å². The average Bonchev–Trinajstić information content (AvgIpc) is 2.58. The molecule has 4 nitrogen and oxygen atoms in total. The van der Waals surface area contributed by atoms with Crippen molar-refractivity contribution in [1.82, 2.24) is 9.80 Å². The van der Waals surface area contributed by atoms with E-state index in [9.17, 15) is 0 Å². The Labute approximate surface area is 146 Å². The van der Waals surface area contributed by atoms with Gasteiger partial charge in [-0.3, -0.25) is 9.80 Å². The van der Waals surface area contributed by atoms with Crippen molar-refractivity contribution in [1.29, 1.82) is 0 Å². The Bertz CT molecular complexity index is 541. The lowest BCUT2D eigenvalue weighted by Gasteiger charge is -2.35. The Morgan fingerprint density at radius 1 is 1.17 bits per heavy atom. The molecule has 0 radical (unpaired) electrons. The predicted octanol–water partition coefficient (Wildman–Crippen LogP) is 3.07. The van der Waals surface area contributed by atoms with Crippen LogP contribution in [0, 0.1) is 0 Å². The van der Waals surface area contributed by atoms with E-state index in [1.807, 2.05) is 0 Å². The standard InChI is InChI=1S/C20H32N2O2/c1-4-6-22-15-18-13-20(24-5-2)19(12-17(18)11-16(22)3)14-21-7-9-23-10-8-21/h12-13,16H,4-11,14-15H2,1-3H3. The predicted molar refractivity (Wildman–Crippen MR) is 97.6 cm³/mol. The Kier molecular flexibility index (Phi) is 6.14. The molecule has 1 atom stereocenters. The lowest BCUT2D eigenvalue weighted by Crippen LogP contribution is -2.39. The molecule has 0 N–H and O–H groups in total. The molecule has 0 saturated carbocycles. The van der Waals surface area contributed by atoms with Gasteiger partial charge in [0.15, 0.2) is 0 Å². The van der Waals surface area contributed by atoms with Crippen molar-refractivity contribution in [2.24, 2.45) is 0 Å². The van der Waals surface area contributed by atoms with Gasteiger partial charge >= 0.3 is 0 Å². The van der Waals surface area contributed by atoms with E-state index in [-0.39, 0.29) is 0 Å². The molecule has 2 aliphatic rings. The summed E-state index contributed by atoms with van der Waals surface area (Å²) in [7, 11) is 0. The molecule has 134 valence electrons. The van der Waals surface area contributed by atoms with Crippen molar-refractivity contribution in [2.45, 2.75) is 52.7 Å². The number of rotatable bonds is 6. The highest BCUT2D eigenvalue weighted by Crippen LogP contribution is 2.31. The van der Waals surface area contributed by atoms with Gasteiger partial charge in [0.05, 0.1) is 19.8 Å². The third-order valence-corrected chi connectivity index (χ3v) is 5.20. The summed E-state index contributed by atoms with van der Waals surface area (Å²) in [4.78, 5) is 5.07. The van der Waals surface area contributed by atoms with Gasteiger partial charge in [0.1, 0.15) is 5.75 Å². The highest BCUT2D eigenvalue weighted by molar-refractivity contribution is 5.44. The van der Waals surface area contributed by atoms with Gasteiger partial charge in [-0.25, -0.2) is 0 Å². The van der Waals surface area contributed by atoms with Crippen LogP contribution in [0.25, 0.3) is 0 Å². The molecule has 0 aliphatic carbocycles. The van der Waals surface area contributed by atoms with Crippen LogP contribution in [0.2, 0.25) is 0 Å². The van der Waals surface area contributed by atoms with Crippen molar-refractivity contribution >= 4 is 0 Å². The van der Waals surface area contributed by atoms with E-state index in [0.717, 1.165) is 58.2 Å². The van der Waals surface area contributed by atoms with Crippen LogP contribution in [-0.4, -0.2) is 55.3 Å². The lowest BCUT2D eigenvalue weighted by atomic mass is 9.92. The smallest absolute Gasteiger partial charge is 0.124 e. The van der Waals surface area contributed by atoms with Gasteiger partial charge < -0.3 is 9.47 Å². The minimum atomic E-state index is 0.631. The molecule has 0 amide bonds. The summed E-state index contributed by atoms with van der Waals surface area (Å²) in [6, 6.07) is 5.35. The van der Waals surface area contributed by atoms with E-state index >= 15 is 0 Å². The van der Waals surface area contributed by atoms with Crippen molar-refractivity contribution < 1.29 is 9.47 Å². The van der Waals surface area contributed by atoms with Gasteiger partial charge in [-0.05, 0) is 50.4 Å². The van der Waals surface area contributed by atoms with E-state index in [2.05, 4.69) is 42.7 Å². The van der Waals surface area contributed by atoms with Crippen LogP contribution in [0.15, 0.2) is 12.1 Å². The third-order valence-electron chi connectivity index (χ3n) is 5.20. The maximum atomic E-state index is 5.99. The number of benzene rings is 1. The monoisotopic (exact) mass is 332 g/mol. The first-order valence-electron chi connectivity index (χ1n) is 9.52. The first-order chi connectivity index (χ1) is 11.7. The van der Waals surface area contributed by atoms with Gasteiger partial charge in [-0.2, -0.15) is 0 Å². The number of ether oxygens (including phenoxy) is 2. The Morgan fingerprint density at radius 2 is 1.96 bits per heavy atom. The van der Waals surface area contributed by atoms with Crippen LogP contribution in [-0.2, 0) is 24.2 Å². The first-order valence-corrected chi connectivity index (χ1v) is 9.52. The lowest BCUT2D eigenvalue weighted by molar-refractivity contribution is 0.0338. The second-order valence-corrected chi connectivity index (χ2v) is 7.07. The molecule has 1 aromatic carbocycles. The van der Waals surface area contributed by atoms with E-state index in [4.69, 9.17) is 9.47 Å². The zero-order chi connectivity index (χ0) is 16.9. The Hall–Kier alpha value is -1.10. The fourth-order valence-electron chi connectivity index (χ4n) is 3.88. The van der Waals surface area contributed by atoms with Gasteiger partial charge in [0.25, 0.3) is 0 Å². The zero-order valence-corrected chi connectivity index (χ0v) is 15.5. The summed E-state index contributed by atoms with van der Waals surface area (Å²) in [6.07, 6.45) is 2.37. The molecular weight excluding hydrogens is 300 g/mol. The molecule has 2 heterocycles. The van der Waals surface area contributed by atoms with Crippen molar-refractivity contribution in [3.05, 3.63) is 28.8 Å². The van der Waals surface area contributed by atoms with Crippen LogP contribution in [0.4, 0.5) is 0 Å². The maximum absolute atomic E-state index is 5.99. The van der Waals surface area contributed by atoms with Gasteiger partial charge in [0.2, 0.25) is 0 Å². The summed E-state index contributed by atoms with van der Waals surface area (Å²) in [5.74, 6) is 1.08. The SMILES string of the molecule is CCCN1Cc2cc(OCC)c(CN3CCOCC3)cc2CC1C. The molecule has 1 fully saturated rings. The average molecular weight is 332 g/mol. The minimum Gasteiger partial charge on any atom is -0.494 e. The summed E-state index contributed by atoms with van der Waals surface area (Å²) in [5, 5.41) is 0. The topological polar surface area (TPSA) is 24.9 Å². The van der Waals surface area contributed by atoms with Crippen LogP contribution in [0.5, 0.6) is 5.75 Å². The molecule has 3 rings (SSSR count). The summed E-state index contributed by atoms with van der Waals surface area (Å²) >= 11 is 0. The molecular formula is C20H32N2O2. The molecule has 2 aliphatic heterocycles. The number of hydrogen-bond donors (Lipinski definition) is 0. The van der Waals surface area contributed by atoms with E-state index in [1.54, 1.807) is 0 Å². The van der Waals surface area contributed by atoms with E-state index in [0.29, 0.717) is 6.04 Å². The first kappa shape index (κ1) is 17.7. The van der Waals surface area contributed by atoms with Gasteiger partial charge in [0, 0.05) is 37.8 Å². The molecule has 4 heteroatoms. The third kappa shape index (κ3) is 4.11. The maximum Gasteiger partial charge on any atom is 0.124 e. The summed E-state index contributed by atoms with van der Waals surface area (Å²) in [5.41, 5.74) is 4.31. The normalized spacial score (nSPS) is 22.4. The quantitative estimate of drug-likeness (QED) is 0.799. The molecule has 24 heavy (non-hydrogen) atoms. The number of morpholine rings is 1. The van der Waals surface area contributed by atoms with Crippen molar-refractivity contribution in [3.8, 4) is 5.75 Å². The van der Waals surface area contributed by atoms with Crippen molar-refractivity contribution in [2.75, 3.05) is 39.5 Å². The molecule has 0 aromatic heterocycles. The van der Waals surface area contributed by atoms with Crippen LogP contribution >= 0.6 is 0 Å². The van der Waals surface area contributed by atoms with E-state index < -0.39 is 0 Å². The van der Waals surface area contributed by atoms with Crippen LogP contribution < -0.4 is 4.74 Å². The highest BCUT2D eigenvalue weighted by Gasteiger charge is 2.24. The van der Waals surface area contributed by atoms with Crippen molar-refractivity contribution in [3.63, 3.8) is 0 Å². The fraction of sp³-hybridized carbons (Fsp3) is 0.700. The Balaban J connectivity index is 1.82. The minimum absolute atomic E-state index is 0.631. The van der Waals surface area contributed by atoms with Crippen LogP contribution in [0.1, 0.15) is 43.9 Å². The second kappa shape index (κ2) is 8.32. The number of hydrogen-bond acceptors (Lipinski definition) is 4. The largest absolute Gasteiger partial charge is 0.494 e. The number of fused-ring (bicyclic) bond motifs is 1. The Morgan fingerprint density at radius 3 is 2.67 bits per heavy atom. The van der Waals surface area contributed by atoms with Gasteiger partial charge in [-0.15, -0.1) is 0 Å². The molecule has 0 bridgehead atoms. The molecule has 0 spiro atoms. The van der Waals surface area contributed by atoms with Crippen LogP contribution in [0.3, 0.4) is 0 Å². The molecule has 1 unspecified atom stereocenters. The van der Waals surface area contributed by atoms with E-state index in [1.165, 1.54) is 29.7 Å². The fourth-order valence-corrected chi connectivity index (χ4v) is 3.88. The number of nitrogens with zero attached hydrogens (tertiary/aromatic N) is 2. The molecule has 1 saturated heterocycles. The second-order valence-electron chi connectivity index (χ2n) is 7.07. The summed E-state index contributed by atoms with van der Waals surface area (Å²) < 4.78 is 11.5.